The molecule has 114 valence electrons. The van der Waals surface area contributed by atoms with Crippen molar-refractivity contribution in [3.8, 4) is 0 Å². The van der Waals surface area contributed by atoms with Gasteiger partial charge in [0.2, 0.25) is 5.91 Å². The summed E-state index contributed by atoms with van der Waals surface area (Å²) in [6.45, 7) is 5.81. The molecule has 1 aromatic heterocycles. The first-order valence-corrected chi connectivity index (χ1v) is 7.54. The van der Waals surface area contributed by atoms with Crippen LogP contribution in [0.15, 0.2) is 6.20 Å². The Labute approximate surface area is 124 Å². The fourth-order valence-corrected chi connectivity index (χ4v) is 3.15. The third-order valence-electron chi connectivity index (χ3n) is 4.32. The van der Waals surface area contributed by atoms with Gasteiger partial charge in [0, 0.05) is 13.2 Å². The summed E-state index contributed by atoms with van der Waals surface area (Å²) in [7, 11) is 1.83. The molecule has 6 nitrogen and oxygen atoms in total. The van der Waals surface area contributed by atoms with E-state index >= 15 is 0 Å². The Morgan fingerprint density at radius 3 is 2.48 bits per heavy atom. The van der Waals surface area contributed by atoms with Crippen molar-refractivity contribution in [2.45, 2.75) is 45.7 Å². The van der Waals surface area contributed by atoms with E-state index in [1.54, 1.807) is 9.58 Å². The fourth-order valence-electron chi connectivity index (χ4n) is 3.15. The van der Waals surface area contributed by atoms with Gasteiger partial charge in [0.15, 0.2) is 0 Å². The van der Waals surface area contributed by atoms with E-state index in [2.05, 4.69) is 10.4 Å². The molecule has 2 amide bonds. The average molecular weight is 290 g/mol. The van der Waals surface area contributed by atoms with E-state index in [0.29, 0.717) is 5.92 Å². The van der Waals surface area contributed by atoms with Crippen molar-refractivity contribution in [3.05, 3.63) is 11.9 Å². The Morgan fingerprint density at radius 2 is 2.00 bits per heavy atom. The van der Waals surface area contributed by atoms with Crippen LogP contribution in [0.25, 0.3) is 0 Å². The second kappa shape index (κ2) is 4.86. The van der Waals surface area contributed by atoms with Crippen LogP contribution in [-0.4, -0.2) is 33.7 Å². The Morgan fingerprint density at radius 1 is 1.33 bits per heavy atom. The van der Waals surface area contributed by atoms with Gasteiger partial charge in [-0.2, -0.15) is 5.10 Å². The van der Waals surface area contributed by atoms with E-state index in [1.165, 1.54) is 0 Å². The van der Waals surface area contributed by atoms with Crippen molar-refractivity contribution >= 4 is 17.5 Å². The number of carbonyl (C=O) groups excluding carboxylic acids is 2. The molecule has 1 saturated carbocycles. The summed E-state index contributed by atoms with van der Waals surface area (Å²) in [6.07, 6.45) is 3.86. The van der Waals surface area contributed by atoms with Gasteiger partial charge in [-0.3, -0.25) is 19.2 Å². The van der Waals surface area contributed by atoms with Crippen LogP contribution in [0.2, 0.25) is 0 Å². The minimum Gasteiger partial charge on any atom is -0.342 e. The molecule has 2 aliphatic rings. The van der Waals surface area contributed by atoms with E-state index in [9.17, 15) is 9.59 Å². The monoisotopic (exact) mass is 290 g/mol. The lowest BCUT2D eigenvalue weighted by atomic mass is 9.95. The highest BCUT2D eigenvalue weighted by molar-refractivity contribution is 6.09. The molecule has 1 N–H and O–H groups in total. The number of rotatable bonds is 3. The Balaban J connectivity index is 2.03. The molecule has 21 heavy (non-hydrogen) atoms. The summed E-state index contributed by atoms with van der Waals surface area (Å²) in [5, 5.41) is 7.24. The summed E-state index contributed by atoms with van der Waals surface area (Å²) in [6, 6.07) is -0.831. The van der Waals surface area contributed by atoms with Gasteiger partial charge in [-0.15, -0.1) is 0 Å². The first-order chi connectivity index (χ1) is 9.90. The lowest BCUT2D eigenvalue weighted by Gasteiger charge is -2.40. The number of aromatic nitrogens is 2. The van der Waals surface area contributed by atoms with Crippen molar-refractivity contribution in [2.24, 2.45) is 18.9 Å². The zero-order valence-corrected chi connectivity index (χ0v) is 13.0. The molecule has 2 heterocycles. The normalized spacial score (nSPS) is 26.4. The molecule has 1 aliphatic carbocycles. The molecule has 0 spiro atoms. The van der Waals surface area contributed by atoms with Crippen LogP contribution in [0.3, 0.4) is 0 Å². The lowest BCUT2D eigenvalue weighted by molar-refractivity contribution is -0.135. The second-order valence-corrected chi connectivity index (χ2v) is 6.49. The fraction of sp³-hybridized carbons (Fsp3) is 0.667. The third-order valence-corrected chi connectivity index (χ3v) is 4.32. The summed E-state index contributed by atoms with van der Waals surface area (Å²) < 4.78 is 1.69. The molecule has 2 atom stereocenters. The summed E-state index contributed by atoms with van der Waals surface area (Å²) in [5.74, 6) is 0.305. The number of hydrogen-bond donors (Lipinski definition) is 1. The average Bonchev–Trinajstić information content (AvgIpc) is 3.17. The van der Waals surface area contributed by atoms with Crippen molar-refractivity contribution in [2.75, 3.05) is 4.90 Å². The highest BCUT2D eigenvalue weighted by Crippen LogP contribution is 2.37. The van der Waals surface area contributed by atoms with Crippen molar-refractivity contribution in [3.63, 3.8) is 0 Å². The molecule has 2 unspecified atom stereocenters. The second-order valence-electron chi connectivity index (χ2n) is 6.49. The number of nitrogens with zero attached hydrogens (tertiary/aromatic N) is 3. The highest BCUT2D eigenvalue weighted by Gasteiger charge is 2.48. The number of amides is 2. The molecule has 1 aliphatic heterocycles. The maximum absolute atomic E-state index is 12.9. The molecule has 0 bridgehead atoms. The quantitative estimate of drug-likeness (QED) is 0.903. The number of piperazine rings is 1. The number of aryl methyl sites for hydroxylation is 2. The van der Waals surface area contributed by atoms with Crippen LogP contribution < -0.4 is 10.2 Å². The van der Waals surface area contributed by atoms with E-state index in [4.69, 9.17) is 0 Å². The smallest absolute Gasteiger partial charge is 0.250 e. The molecule has 3 rings (SSSR count). The predicted molar refractivity (Wildman–Crippen MR) is 78.7 cm³/mol. The molecule has 6 heteroatoms. The van der Waals surface area contributed by atoms with Gasteiger partial charge in [-0.1, -0.05) is 13.8 Å². The largest absolute Gasteiger partial charge is 0.342 e. The van der Waals surface area contributed by atoms with Gasteiger partial charge >= 0.3 is 0 Å². The first kappa shape index (κ1) is 14.1. The van der Waals surface area contributed by atoms with Gasteiger partial charge in [-0.05, 0) is 31.6 Å². The van der Waals surface area contributed by atoms with E-state index in [0.717, 1.165) is 24.2 Å². The number of nitrogens with one attached hydrogen (secondary N) is 1. The number of anilines is 1. The summed E-state index contributed by atoms with van der Waals surface area (Å²) >= 11 is 0. The zero-order chi connectivity index (χ0) is 15.3. The molecular weight excluding hydrogens is 268 g/mol. The van der Waals surface area contributed by atoms with E-state index in [-0.39, 0.29) is 23.8 Å². The van der Waals surface area contributed by atoms with E-state index < -0.39 is 6.04 Å². The van der Waals surface area contributed by atoms with Crippen LogP contribution in [0.5, 0.6) is 0 Å². The SMILES string of the molecule is Cc1nn(C)cc1N1C(=O)C(C2CC2)NC(=O)C1C(C)C. The van der Waals surface area contributed by atoms with Gasteiger partial charge in [0.25, 0.3) is 5.91 Å². The Hall–Kier alpha value is -1.85. The molecular formula is C15H22N4O2. The Kier molecular flexibility index (Phi) is 3.26. The van der Waals surface area contributed by atoms with Crippen LogP contribution in [-0.2, 0) is 16.6 Å². The maximum Gasteiger partial charge on any atom is 0.250 e. The Bertz CT molecular complexity index is 588. The van der Waals surface area contributed by atoms with Crippen LogP contribution >= 0.6 is 0 Å². The van der Waals surface area contributed by atoms with Crippen molar-refractivity contribution in [1.82, 2.24) is 15.1 Å². The first-order valence-electron chi connectivity index (χ1n) is 7.54. The number of carbonyl (C=O) groups is 2. The van der Waals surface area contributed by atoms with Crippen molar-refractivity contribution < 1.29 is 9.59 Å². The minimum atomic E-state index is -0.463. The summed E-state index contributed by atoms with van der Waals surface area (Å²) in [5.41, 5.74) is 1.53. The van der Waals surface area contributed by atoms with Crippen LogP contribution in [0.4, 0.5) is 5.69 Å². The molecule has 2 fully saturated rings. The zero-order valence-electron chi connectivity index (χ0n) is 13.0. The van der Waals surface area contributed by atoms with Crippen molar-refractivity contribution in [1.29, 1.82) is 0 Å². The minimum absolute atomic E-state index is 0.00639. The molecule has 1 aromatic rings. The maximum atomic E-state index is 12.9. The molecule has 0 radical (unpaired) electrons. The van der Waals surface area contributed by atoms with Gasteiger partial charge < -0.3 is 5.32 Å². The van der Waals surface area contributed by atoms with Gasteiger partial charge in [0.1, 0.15) is 12.1 Å². The molecule has 1 saturated heterocycles. The lowest BCUT2D eigenvalue weighted by Crippen LogP contribution is -2.65. The standard InChI is InChI=1S/C15H22N4O2/c1-8(2)13-14(20)16-12(10-5-6-10)15(21)19(13)11-7-18(4)17-9(11)3/h7-8,10,12-13H,5-6H2,1-4H3,(H,16,20). The van der Waals surface area contributed by atoms with E-state index in [1.807, 2.05) is 34.0 Å². The third kappa shape index (κ3) is 2.32. The number of hydrogen-bond acceptors (Lipinski definition) is 3. The summed E-state index contributed by atoms with van der Waals surface area (Å²) in [4.78, 5) is 27.1. The van der Waals surface area contributed by atoms with Gasteiger partial charge in [0.05, 0.1) is 11.4 Å². The van der Waals surface area contributed by atoms with Gasteiger partial charge in [-0.25, -0.2) is 0 Å². The highest BCUT2D eigenvalue weighted by atomic mass is 16.2. The topological polar surface area (TPSA) is 67.2 Å². The molecule has 0 aromatic carbocycles. The van der Waals surface area contributed by atoms with Crippen LogP contribution in [0, 0.1) is 18.8 Å². The predicted octanol–water partition coefficient (Wildman–Crippen LogP) is 0.995. The van der Waals surface area contributed by atoms with Crippen LogP contribution in [0.1, 0.15) is 32.4 Å².